The van der Waals surface area contributed by atoms with Gasteiger partial charge in [0.2, 0.25) is 0 Å². The first-order valence-electron chi connectivity index (χ1n) is 4.46. The first kappa shape index (κ1) is 11.2. The summed E-state index contributed by atoms with van der Waals surface area (Å²) in [6, 6.07) is 2.02. The molecule has 0 spiro atoms. The van der Waals surface area contributed by atoms with E-state index in [4.69, 9.17) is 11.5 Å². The minimum absolute atomic E-state index is 0.210. The van der Waals surface area contributed by atoms with E-state index in [9.17, 15) is 18.0 Å². The van der Waals surface area contributed by atoms with Gasteiger partial charge < -0.3 is 11.5 Å². The number of hydrogen-bond acceptors (Lipinski definition) is 3. The molecule has 0 aliphatic heterocycles. The minimum atomic E-state index is -4.57. The Balaban J connectivity index is 2.83. The van der Waals surface area contributed by atoms with Crippen molar-refractivity contribution in [3.8, 4) is 0 Å². The summed E-state index contributed by atoms with van der Waals surface area (Å²) >= 11 is 0. The van der Waals surface area contributed by atoms with Crippen molar-refractivity contribution in [3.05, 3.63) is 29.6 Å². The molecule has 0 aliphatic rings. The number of halogens is 3. The topological polar surface area (TPSA) is 86.4 Å². The third kappa shape index (κ3) is 1.67. The Labute approximate surface area is 92.8 Å². The predicted octanol–water partition coefficient (Wildman–Crippen LogP) is 1.03. The number of imidazole rings is 1. The molecule has 0 fully saturated rings. The maximum Gasteiger partial charge on any atom is 0.419 e. The van der Waals surface area contributed by atoms with Crippen molar-refractivity contribution in [1.29, 1.82) is 0 Å². The van der Waals surface area contributed by atoms with Crippen molar-refractivity contribution >= 4 is 17.4 Å². The van der Waals surface area contributed by atoms with E-state index in [2.05, 4.69) is 4.98 Å². The molecule has 2 aromatic heterocycles. The maximum absolute atomic E-state index is 12.6. The lowest BCUT2D eigenvalue weighted by Crippen LogP contribution is -2.13. The van der Waals surface area contributed by atoms with Crippen LogP contribution >= 0.6 is 0 Å². The number of fused-ring (bicyclic) bond motifs is 1. The van der Waals surface area contributed by atoms with E-state index < -0.39 is 23.3 Å². The summed E-state index contributed by atoms with van der Waals surface area (Å²) in [6.45, 7) is 0. The molecule has 0 atom stereocenters. The smallest absolute Gasteiger partial charge is 0.383 e. The van der Waals surface area contributed by atoms with Crippen molar-refractivity contribution in [3.63, 3.8) is 0 Å². The second-order valence-electron chi connectivity index (χ2n) is 3.32. The molecule has 17 heavy (non-hydrogen) atoms. The third-order valence-electron chi connectivity index (χ3n) is 2.23. The van der Waals surface area contributed by atoms with Crippen LogP contribution in [0.4, 0.5) is 19.0 Å². The monoisotopic (exact) mass is 244 g/mol. The molecule has 0 radical (unpaired) electrons. The van der Waals surface area contributed by atoms with Crippen molar-refractivity contribution < 1.29 is 18.0 Å². The van der Waals surface area contributed by atoms with Gasteiger partial charge in [0.15, 0.2) is 11.3 Å². The molecule has 0 saturated heterocycles. The number of aromatic nitrogens is 2. The highest BCUT2D eigenvalue weighted by Gasteiger charge is 2.34. The van der Waals surface area contributed by atoms with Gasteiger partial charge in [-0.2, -0.15) is 13.2 Å². The lowest BCUT2D eigenvalue weighted by Gasteiger charge is -2.07. The Kier molecular flexibility index (Phi) is 2.23. The van der Waals surface area contributed by atoms with Crippen LogP contribution in [0, 0.1) is 0 Å². The highest BCUT2D eigenvalue weighted by molar-refractivity contribution is 5.96. The predicted molar refractivity (Wildman–Crippen MR) is 53.1 cm³/mol. The number of carbonyl (C=O) groups excluding carboxylic acids is 1. The van der Waals surface area contributed by atoms with Gasteiger partial charge in [-0.1, -0.05) is 0 Å². The maximum atomic E-state index is 12.6. The summed E-state index contributed by atoms with van der Waals surface area (Å²) in [5.41, 5.74) is 8.66. The molecule has 0 unspecified atom stereocenters. The van der Waals surface area contributed by atoms with Gasteiger partial charge in [0.25, 0.3) is 5.91 Å². The summed E-state index contributed by atoms with van der Waals surface area (Å²) in [4.78, 5) is 14.5. The van der Waals surface area contributed by atoms with Crippen molar-refractivity contribution in [2.45, 2.75) is 6.18 Å². The van der Waals surface area contributed by atoms with Crippen LogP contribution in [0.1, 0.15) is 16.1 Å². The summed E-state index contributed by atoms with van der Waals surface area (Å²) < 4.78 is 38.9. The highest BCUT2D eigenvalue weighted by Crippen LogP contribution is 2.33. The molecular weight excluding hydrogens is 237 g/mol. The molecule has 1 amide bonds. The van der Waals surface area contributed by atoms with Crippen LogP contribution in [-0.4, -0.2) is 15.3 Å². The van der Waals surface area contributed by atoms with Gasteiger partial charge in [-0.25, -0.2) is 4.98 Å². The molecule has 90 valence electrons. The molecule has 0 saturated carbocycles. The Hall–Kier alpha value is -2.25. The number of anilines is 1. The van der Waals surface area contributed by atoms with Crippen LogP contribution in [0.15, 0.2) is 18.3 Å². The fourth-order valence-electron chi connectivity index (χ4n) is 1.49. The first-order valence-corrected chi connectivity index (χ1v) is 4.46. The molecule has 0 bridgehead atoms. The Bertz CT molecular complexity index is 602. The lowest BCUT2D eigenvalue weighted by molar-refractivity contribution is -0.136. The minimum Gasteiger partial charge on any atom is -0.383 e. The number of alkyl halides is 3. The van der Waals surface area contributed by atoms with Crippen LogP contribution in [0.3, 0.4) is 0 Å². The summed E-state index contributed by atoms with van der Waals surface area (Å²) in [7, 11) is 0. The molecule has 4 N–H and O–H groups in total. The number of nitrogens with two attached hydrogens (primary N) is 2. The van der Waals surface area contributed by atoms with Crippen LogP contribution < -0.4 is 11.5 Å². The number of nitrogen functional groups attached to an aromatic ring is 1. The number of rotatable bonds is 1. The Morgan fingerprint density at radius 2 is 2.06 bits per heavy atom. The number of primary amides is 1. The van der Waals surface area contributed by atoms with E-state index in [1.54, 1.807) is 0 Å². The molecule has 8 heteroatoms. The fraction of sp³-hybridized carbons (Fsp3) is 0.111. The largest absolute Gasteiger partial charge is 0.419 e. The Morgan fingerprint density at radius 1 is 1.41 bits per heavy atom. The zero-order valence-electron chi connectivity index (χ0n) is 8.32. The molecule has 0 aromatic carbocycles. The van der Waals surface area contributed by atoms with Crippen LogP contribution in [0.5, 0.6) is 0 Å². The average molecular weight is 244 g/mol. The SMILES string of the molecule is NC(=O)c1nc2c(C(F)(F)F)cccn2c1N. The zero-order chi connectivity index (χ0) is 12.8. The summed E-state index contributed by atoms with van der Waals surface area (Å²) in [6.07, 6.45) is -3.30. The molecule has 0 aliphatic carbocycles. The number of pyridine rings is 1. The second-order valence-corrected chi connectivity index (χ2v) is 3.32. The van der Waals surface area contributed by atoms with Gasteiger partial charge in [0.05, 0.1) is 5.56 Å². The van der Waals surface area contributed by atoms with Crippen molar-refractivity contribution in [1.82, 2.24) is 9.38 Å². The quantitative estimate of drug-likeness (QED) is 0.785. The van der Waals surface area contributed by atoms with Gasteiger partial charge in [-0.15, -0.1) is 0 Å². The van der Waals surface area contributed by atoms with E-state index >= 15 is 0 Å². The van der Waals surface area contributed by atoms with Gasteiger partial charge in [-0.05, 0) is 12.1 Å². The van der Waals surface area contributed by atoms with E-state index in [0.29, 0.717) is 0 Å². The van der Waals surface area contributed by atoms with E-state index in [0.717, 1.165) is 10.5 Å². The number of nitrogens with zero attached hydrogens (tertiary/aromatic N) is 2. The fourth-order valence-corrected chi connectivity index (χ4v) is 1.49. The van der Waals surface area contributed by atoms with Crippen LogP contribution in [0.25, 0.3) is 5.65 Å². The molecule has 5 nitrogen and oxygen atoms in total. The standard InChI is InChI=1S/C9H7F3N4O/c10-9(11,12)4-2-1-3-16-6(13)5(7(14)17)15-8(4)16/h1-3H,13H2,(H2,14,17). The van der Waals surface area contributed by atoms with Gasteiger partial charge >= 0.3 is 6.18 Å². The third-order valence-corrected chi connectivity index (χ3v) is 2.23. The summed E-state index contributed by atoms with van der Waals surface area (Å²) in [5, 5.41) is 0. The van der Waals surface area contributed by atoms with Gasteiger partial charge in [-0.3, -0.25) is 9.20 Å². The lowest BCUT2D eigenvalue weighted by atomic mass is 10.2. The number of amides is 1. The van der Waals surface area contributed by atoms with Crippen molar-refractivity contribution in [2.24, 2.45) is 5.73 Å². The molecular formula is C9H7F3N4O. The van der Waals surface area contributed by atoms with Gasteiger partial charge in [0, 0.05) is 6.20 Å². The summed E-state index contributed by atoms with van der Waals surface area (Å²) in [5.74, 6) is -1.18. The van der Waals surface area contributed by atoms with Crippen LogP contribution in [0.2, 0.25) is 0 Å². The van der Waals surface area contributed by atoms with Crippen LogP contribution in [-0.2, 0) is 6.18 Å². The highest BCUT2D eigenvalue weighted by atomic mass is 19.4. The molecule has 2 rings (SSSR count). The van der Waals surface area contributed by atoms with E-state index in [1.807, 2.05) is 0 Å². The zero-order valence-corrected chi connectivity index (χ0v) is 8.32. The van der Waals surface area contributed by atoms with E-state index in [1.165, 1.54) is 12.3 Å². The molecule has 2 aromatic rings. The second kappa shape index (κ2) is 3.37. The normalized spacial score (nSPS) is 11.9. The Morgan fingerprint density at radius 3 is 2.59 bits per heavy atom. The number of hydrogen-bond donors (Lipinski definition) is 2. The average Bonchev–Trinajstić information content (AvgIpc) is 2.55. The van der Waals surface area contributed by atoms with Crippen molar-refractivity contribution in [2.75, 3.05) is 5.73 Å². The molecule has 2 heterocycles. The van der Waals surface area contributed by atoms with E-state index in [-0.39, 0.29) is 11.5 Å². The van der Waals surface area contributed by atoms with Gasteiger partial charge in [0.1, 0.15) is 5.82 Å². The first-order chi connectivity index (χ1) is 7.82. The number of carbonyl (C=O) groups is 1.